The summed E-state index contributed by atoms with van der Waals surface area (Å²) in [5, 5.41) is 5.27. The lowest BCUT2D eigenvalue weighted by molar-refractivity contribution is 0.812. The largest absolute Gasteiger partial charge is 0.362 e. The zero-order valence-electron chi connectivity index (χ0n) is 13.6. The van der Waals surface area contributed by atoms with Crippen LogP contribution in [0.3, 0.4) is 0 Å². The Balaban J connectivity index is 1.95. The van der Waals surface area contributed by atoms with Gasteiger partial charge in [0.15, 0.2) is 0 Å². The fraction of sp³-hybridized carbons (Fsp3) is 0.105. The molecule has 0 aliphatic rings. The van der Waals surface area contributed by atoms with Gasteiger partial charge in [0.2, 0.25) is 0 Å². The summed E-state index contributed by atoms with van der Waals surface area (Å²) in [6, 6.07) is 18.5. The Labute approximate surface area is 140 Å². The molecule has 2 aromatic heterocycles. The van der Waals surface area contributed by atoms with Crippen molar-refractivity contribution in [3.63, 3.8) is 0 Å². The highest BCUT2D eigenvalue weighted by Crippen LogP contribution is 2.28. The highest BCUT2D eigenvalue weighted by molar-refractivity contribution is 5.92. The fourth-order valence-electron chi connectivity index (χ4n) is 2.74. The third-order valence-corrected chi connectivity index (χ3v) is 3.91. The molecule has 5 heteroatoms. The van der Waals surface area contributed by atoms with Gasteiger partial charge in [0.1, 0.15) is 5.82 Å². The van der Waals surface area contributed by atoms with Crippen LogP contribution >= 0.6 is 0 Å². The van der Waals surface area contributed by atoms with Gasteiger partial charge in [0.05, 0.1) is 5.52 Å². The molecule has 0 amide bonds. The highest BCUT2D eigenvalue weighted by Gasteiger charge is 2.12. The molecule has 0 spiro atoms. The monoisotopic (exact) mass is 315 g/mol. The first-order valence-electron chi connectivity index (χ1n) is 7.77. The van der Waals surface area contributed by atoms with E-state index in [1.54, 1.807) is 10.9 Å². The number of hydrogen-bond donors (Lipinski definition) is 0. The Morgan fingerprint density at radius 3 is 2.42 bits per heavy atom. The van der Waals surface area contributed by atoms with E-state index in [9.17, 15) is 0 Å². The molecule has 2 heterocycles. The van der Waals surface area contributed by atoms with Gasteiger partial charge in [-0.2, -0.15) is 10.1 Å². The summed E-state index contributed by atoms with van der Waals surface area (Å²) in [6.45, 7) is 0. The Morgan fingerprint density at radius 2 is 1.71 bits per heavy atom. The summed E-state index contributed by atoms with van der Waals surface area (Å²) in [4.78, 5) is 11.4. The van der Waals surface area contributed by atoms with Crippen molar-refractivity contribution in [2.24, 2.45) is 0 Å². The van der Waals surface area contributed by atoms with Gasteiger partial charge in [0.25, 0.3) is 5.95 Å². The number of benzene rings is 2. The molecule has 118 valence electrons. The van der Waals surface area contributed by atoms with E-state index in [-0.39, 0.29) is 0 Å². The van der Waals surface area contributed by atoms with Gasteiger partial charge < -0.3 is 4.90 Å². The van der Waals surface area contributed by atoms with Gasteiger partial charge in [-0.15, -0.1) is 0 Å². The summed E-state index contributed by atoms with van der Waals surface area (Å²) >= 11 is 0. The van der Waals surface area contributed by atoms with E-state index < -0.39 is 0 Å². The van der Waals surface area contributed by atoms with Crippen LogP contribution in [-0.2, 0) is 0 Å². The number of rotatable bonds is 3. The number of nitrogens with zero attached hydrogens (tertiary/aromatic N) is 5. The van der Waals surface area contributed by atoms with Crippen LogP contribution in [-0.4, -0.2) is 33.8 Å². The van der Waals surface area contributed by atoms with Crippen LogP contribution in [0.4, 0.5) is 5.82 Å². The molecule has 4 rings (SSSR count). The predicted octanol–water partition coefficient (Wildman–Crippen LogP) is 3.55. The van der Waals surface area contributed by atoms with E-state index in [1.165, 1.54) is 5.56 Å². The first-order valence-corrected chi connectivity index (χ1v) is 7.77. The average Bonchev–Trinajstić information content (AvgIpc) is 3.15. The fourth-order valence-corrected chi connectivity index (χ4v) is 2.74. The molecule has 0 radical (unpaired) electrons. The second-order valence-electron chi connectivity index (χ2n) is 5.79. The van der Waals surface area contributed by atoms with E-state index in [0.29, 0.717) is 5.95 Å². The lowest BCUT2D eigenvalue weighted by atomic mass is 10.0. The zero-order chi connectivity index (χ0) is 16.5. The number of hydrogen-bond acceptors (Lipinski definition) is 4. The van der Waals surface area contributed by atoms with Crippen molar-refractivity contribution >= 4 is 16.7 Å². The number of anilines is 1. The first kappa shape index (κ1) is 14.4. The van der Waals surface area contributed by atoms with Crippen LogP contribution in [0.1, 0.15) is 0 Å². The zero-order valence-corrected chi connectivity index (χ0v) is 13.6. The highest BCUT2D eigenvalue weighted by atomic mass is 15.3. The minimum atomic E-state index is 0.571. The number of aromatic nitrogens is 4. The normalized spacial score (nSPS) is 10.9. The third-order valence-electron chi connectivity index (χ3n) is 3.91. The molecule has 0 bridgehead atoms. The average molecular weight is 315 g/mol. The molecular formula is C19H17N5. The summed E-state index contributed by atoms with van der Waals surface area (Å²) in [5.41, 5.74) is 3.21. The van der Waals surface area contributed by atoms with E-state index in [0.717, 1.165) is 22.3 Å². The molecule has 24 heavy (non-hydrogen) atoms. The molecule has 0 unspecified atom stereocenters. The molecule has 0 saturated heterocycles. The van der Waals surface area contributed by atoms with Crippen molar-refractivity contribution < 1.29 is 0 Å². The molecule has 0 N–H and O–H groups in total. The summed E-state index contributed by atoms with van der Waals surface area (Å²) < 4.78 is 1.68. The van der Waals surface area contributed by atoms with Crippen molar-refractivity contribution in [3.8, 4) is 17.1 Å². The Morgan fingerprint density at radius 1 is 0.875 bits per heavy atom. The molecular weight excluding hydrogens is 298 g/mol. The van der Waals surface area contributed by atoms with Gasteiger partial charge in [-0.25, -0.2) is 9.67 Å². The predicted molar refractivity (Wildman–Crippen MR) is 96.4 cm³/mol. The molecule has 0 atom stereocenters. The summed E-state index contributed by atoms with van der Waals surface area (Å²) in [6.07, 6.45) is 3.57. The molecule has 0 aliphatic carbocycles. The summed E-state index contributed by atoms with van der Waals surface area (Å²) in [5.74, 6) is 1.45. The summed E-state index contributed by atoms with van der Waals surface area (Å²) in [7, 11) is 3.97. The van der Waals surface area contributed by atoms with Gasteiger partial charge in [-0.1, -0.05) is 36.4 Å². The molecule has 0 saturated carbocycles. The van der Waals surface area contributed by atoms with Crippen LogP contribution in [0.5, 0.6) is 0 Å². The van der Waals surface area contributed by atoms with Gasteiger partial charge >= 0.3 is 0 Å². The van der Waals surface area contributed by atoms with Crippen LogP contribution in [0, 0.1) is 0 Å². The second kappa shape index (κ2) is 5.77. The van der Waals surface area contributed by atoms with Crippen molar-refractivity contribution in [1.29, 1.82) is 0 Å². The maximum Gasteiger partial charge on any atom is 0.253 e. The van der Waals surface area contributed by atoms with Gasteiger partial charge in [-0.05, 0) is 29.3 Å². The SMILES string of the molecule is CN(C)c1nc(-n2cccn2)nc2cc(-c3ccccc3)ccc12. The van der Waals surface area contributed by atoms with E-state index in [4.69, 9.17) is 4.98 Å². The Kier molecular flexibility index (Phi) is 3.46. The lowest BCUT2D eigenvalue weighted by Gasteiger charge is -2.16. The van der Waals surface area contributed by atoms with Gasteiger partial charge in [0, 0.05) is 31.9 Å². The minimum Gasteiger partial charge on any atom is -0.362 e. The van der Waals surface area contributed by atoms with Crippen LogP contribution in [0.2, 0.25) is 0 Å². The van der Waals surface area contributed by atoms with Gasteiger partial charge in [-0.3, -0.25) is 0 Å². The van der Waals surface area contributed by atoms with Crippen molar-refractivity contribution in [3.05, 3.63) is 67.0 Å². The molecule has 4 aromatic rings. The smallest absolute Gasteiger partial charge is 0.253 e. The topological polar surface area (TPSA) is 46.8 Å². The molecule has 5 nitrogen and oxygen atoms in total. The van der Waals surface area contributed by atoms with Crippen molar-refractivity contribution in [2.45, 2.75) is 0 Å². The van der Waals surface area contributed by atoms with Crippen molar-refractivity contribution in [1.82, 2.24) is 19.7 Å². The van der Waals surface area contributed by atoms with E-state index in [2.05, 4.69) is 40.4 Å². The lowest BCUT2D eigenvalue weighted by Crippen LogP contribution is -2.14. The minimum absolute atomic E-state index is 0.571. The van der Waals surface area contributed by atoms with Crippen LogP contribution < -0.4 is 4.90 Å². The van der Waals surface area contributed by atoms with E-state index in [1.807, 2.05) is 49.5 Å². The van der Waals surface area contributed by atoms with Crippen LogP contribution in [0.15, 0.2) is 67.0 Å². The standard InChI is InChI=1S/C19H17N5/c1-23(2)18-16-10-9-15(14-7-4-3-5-8-14)13-17(16)21-19(22-18)24-12-6-11-20-24/h3-13H,1-2H3. The first-order chi connectivity index (χ1) is 11.7. The third kappa shape index (κ3) is 2.50. The Hall–Kier alpha value is -3.21. The van der Waals surface area contributed by atoms with E-state index >= 15 is 0 Å². The maximum atomic E-state index is 4.71. The second-order valence-corrected chi connectivity index (χ2v) is 5.79. The van der Waals surface area contributed by atoms with Crippen LogP contribution in [0.25, 0.3) is 28.0 Å². The molecule has 0 fully saturated rings. The molecule has 2 aromatic carbocycles. The molecule has 0 aliphatic heterocycles. The quantitative estimate of drug-likeness (QED) is 0.580. The Bertz CT molecular complexity index is 976. The van der Waals surface area contributed by atoms with Crippen molar-refractivity contribution in [2.75, 3.05) is 19.0 Å². The maximum absolute atomic E-state index is 4.71. The number of fused-ring (bicyclic) bond motifs is 1.